The fraction of sp³-hybridized carbons (Fsp3) is 0.651. The van der Waals surface area contributed by atoms with Gasteiger partial charge in [-0.05, 0) is 70.6 Å². The van der Waals surface area contributed by atoms with E-state index in [1.54, 1.807) is 0 Å². The van der Waals surface area contributed by atoms with Crippen molar-refractivity contribution >= 4 is 13.8 Å². The van der Waals surface area contributed by atoms with Gasteiger partial charge in [0.25, 0.3) is 0 Å². The molecule has 0 saturated heterocycles. The van der Waals surface area contributed by atoms with Crippen molar-refractivity contribution in [2.45, 2.75) is 148 Å². The van der Waals surface area contributed by atoms with Gasteiger partial charge in [0, 0.05) is 19.6 Å². The maximum Gasteiger partial charge on any atom is 0.472 e. The van der Waals surface area contributed by atoms with Gasteiger partial charge in [-0.25, -0.2) is 4.57 Å². The van der Waals surface area contributed by atoms with Gasteiger partial charge in [-0.15, -0.1) is 0 Å². The number of allylic oxidation sites excluding steroid dienone is 14. The van der Waals surface area contributed by atoms with Crippen LogP contribution in [0.15, 0.2) is 85.1 Å². The van der Waals surface area contributed by atoms with Crippen molar-refractivity contribution in [3.05, 3.63) is 85.1 Å². The van der Waals surface area contributed by atoms with Crippen LogP contribution in [0.3, 0.4) is 0 Å². The summed E-state index contributed by atoms with van der Waals surface area (Å²) in [5.41, 5.74) is 5.35. The second-order valence-corrected chi connectivity index (χ2v) is 14.2. The van der Waals surface area contributed by atoms with E-state index in [4.69, 9.17) is 24.3 Å². The number of esters is 1. The molecule has 0 aromatic rings. The number of carbonyl (C=O) groups is 1. The van der Waals surface area contributed by atoms with Crippen molar-refractivity contribution in [3.8, 4) is 0 Å². The Morgan fingerprint density at radius 2 is 1.08 bits per heavy atom. The third kappa shape index (κ3) is 38.9. The molecule has 0 amide bonds. The second-order valence-electron chi connectivity index (χ2n) is 12.8. The molecule has 0 saturated carbocycles. The average Bonchev–Trinajstić information content (AvgIpc) is 3.13. The highest BCUT2D eigenvalue weighted by Crippen LogP contribution is 2.43. The highest BCUT2D eigenvalue weighted by molar-refractivity contribution is 7.47. The summed E-state index contributed by atoms with van der Waals surface area (Å²) in [6.45, 7) is 4.64. The van der Waals surface area contributed by atoms with Crippen molar-refractivity contribution in [2.75, 3.05) is 33.0 Å². The standard InChI is InChI=1S/C43H74NO7P/c1-3-5-7-9-11-13-14-15-16-17-18-19-20-21-22-23-24-25-26-27-29-31-33-35-38-48-40-42(41-50-52(46,47)49-39-37-44)51-43(45)36-34-32-30-28-12-10-8-6-4-2/h5,7,11,13,15-16,18-19,21-22,24-25,27,29,42H,3-4,6,8-10,12,14,17,20,23,26,28,30-41,44H2,1-2H3,(H,46,47)/b7-5-,13-11-,16-15-,19-18-,22-21-,25-24-,29-27-. The summed E-state index contributed by atoms with van der Waals surface area (Å²) in [5, 5.41) is 0. The van der Waals surface area contributed by atoms with E-state index in [-0.39, 0.29) is 32.3 Å². The molecule has 0 fully saturated rings. The molecule has 0 aliphatic rings. The molecular weight excluding hydrogens is 673 g/mol. The number of unbranched alkanes of at least 4 members (excludes halogenated alkanes) is 10. The first-order valence-corrected chi connectivity index (χ1v) is 21.6. The molecule has 298 valence electrons. The monoisotopic (exact) mass is 748 g/mol. The summed E-state index contributed by atoms with van der Waals surface area (Å²) in [6.07, 6.45) is 50.4. The van der Waals surface area contributed by atoms with E-state index >= 15 is 0 Å². The first-order valence-electron chi connectivity index (χ1n) is 20.1. The number of hydrogen-bond donors (Lipinski definition) is 2. The van der Waals surface area contributed by atoms with Crippen LogP contribution < -0.4 is 5.73 Å². The summed E-state index contributed by atoms with van der Waals surface area (Å²) >= 11 is 0. The number of rotatable bonds is 37. The number of phosphoric acid groups is 1. The summed E-state index contributed by atoms with van der Waals surface area (Å²) in [7, 11) is -4.28. The molecule has 0 aliphatic heterocycles. The third-order valence-electron chi connectivity index (χ3n) is 7.83. The first kappa shape index (κ1) is 49.7. The van der Waals surface area contributed by atoms with Gasteiger partial charge in [0.05, 0.1) is 19.8 Å². The van der Waals surface area contributed by atoms with Crippen LogP contribution in [0.5, 0.6) is 0 Å². The van der Waals surface area contributed by atoms with Crippen LogP contribution in [0.25, 0.3) is 0 Å². The molecule has 0 heterocycles. The quantitative estimate of drug-likeness (QED) is 0.0279. The molecule has 2 unspecified atom stereocenters. The number of phosphoric ester groups is 1. The number of hydrogen-bond acceptors (Lipinski definition) is 7. The first-order chi connectivity index (χ1) is 25.4. The van der Waals surface area contributed by atoms with Crippen molar-refractivity contribution in [2.24, 2.45) is 5.73 Å². The van der Waals surface area contributed by atoms with Crippen LogP contribution in [-0.4, -0.2) is 49.9 Å². The molecule has 0 aromatic carbocycles. The van der Waals surface area contributed by atoms with Crippen LogP contribution in [0.4, 0.5) is 0 Å². The van der Waals surface area contributed by atoms with Gasteiger partial charge in [0.2, 0.25) is 0 Å². The van der Waals surface area contributed by atoms with Gasteiger partial charge in [-0.2, -0.15) is 0 Å². The number of carbonyl (C=O) groups excluding carboxylic acids is 1. The van der Waals surface area contributed by atoms with Crippen molar-refractivity contribution < 1.29 is 32.8 Å². The molecular formula is C43H74NO7P. The zero-order valence-corrected chi connectivity index (χ0v) is 33.7. The Bertz CT molecular complexity index is 1060. The lowest BCUT2D eigenvalue weighted by Gasteiger charge is -2.20. The molecule has 0 aromatic heterocycles. The van der Waals surface area contributed by atoms with Gasteiger partial charge in [-0.3, -0.25) is 13.8 Å². The van der Waals surface area contributed by atoms with E-state index in [1.807, 2.05) is 0 Å². The second kappa shape index (κ2) is 39.9. The van der Waals surface area contributed by atoms with E-state index in [9.17, 15) is 14.3 Å². The minimum atomic E-state index is -4.28. The minimum absolute atomic E-state index is 0.0823. The zero-order valence-electron chi connectivity index (χ0n) is 32.8. The van der Waals surface area contributed by atoms with E-state index < -0.39 is 13.9 Å². The van der Waals surface area contributed by atoms with E-state index in [0.717, 1.165) is 83.5 Å². The number of nitrogens with two attached hydrogens (primary N) is 1. The van der Waals surface area contributed by atoms with Gasteiger partial charge >= 0.3 is 13.8 Å². The van der Waals surface area contributed by atoms with Crippen molar-refractivity contribution in [3.63, 3.8) is 0 Å². The van der Waals surface area contributed by atoms with Crippen LogP contribution in [0, 0.1) is 0 Å². The molecule has 9 heteroatoms. The summed E-state index contributed by atoms with van der Waals surface area (Å²) in [6, 6.07) is 0. The average molecular weight is 748 g/mol. The summed E-state index contributed by atoms with van der Waals surface area (Å²) in [5.74, 6) is -0.354. The van der Waals surface area contributed by atoms with Crippen LogP contribution in [0.1, 0.15) is 142 Å². The molecule has 0 spiro atoms. The SMILES string of the molecule is CC/C=C\C/C=C\C/C=C\C/C=C\C/C=C\C/C=C\C/C=C\CCCCOCC(COP(=O)(O)OCCN)OC(=O)CCCCCCCCCCC. The van der Waals surface area contributed by atoms with Crippen molar-refractivity contribution in [1.82, 2.24) is 0 Å². The van der Waals surface area contributed by atoms with Crippen LogP contribution in [0.2, 0.25) is 0 Å². The normalized spacial score (nSPS) is 14.5. The topological polar surface area (TPSA) is 117 Å². The van der Waals surface area contributed by atoms with E-state index in [0.29, 0.717) is 13.0 Å². The maximum absolute atomic E-state index is 12.5. The number of ether oxygens (including phenoxy) is 2. The fourth-order valence-electron chi connectivity index (χ4n) is 4.92. The van der Waals surface area contributed by atoms with Gasteiger partial charge in [0.15, 0.2) is 0 Å². The highest BCUT2D eigenvalue weighted by Gasteiger charge is 2.25. The molecule has 3 N–H and O–H groups in total. The molecule has 0 rings (SSSR count). The Hall–Kier alpha value is -2.32. The van der Waals surface area contributed by atoms with Gasteiger partial charge < -0.3 is 20.1 Å². The largest absolute Gasteiger partial charge is 0.472 e. The van der Waals surface area contributed by atoms with Crippen LogP contribution >= 0.6 is 7.82 Å². The van der Waals surface area contributed by atoms with Crippen molar-refractivity contribution in [1.29, 1.82) is 0 Å². The Kier molecular flexibility index (Phi) is 38.1. The Morgan fingerprint density at radius 3 is 1.58 bits per heavy atom. The lowest BCUT2D eigenvalue weighted by Crippen LogP contribution is -2.28. The molecule has 2 atom stereocenters. The van der Waals surface area contributed by atoms with E-state index in [2.05, 4.69) is 98.9 Å². The molecule has 0 radical (unpaired) electrons. The van der Waals surface area contributed by atoms with Gasteiger partial charge in [-0.1, -0.05) is 150 Å². The Morgan fingerprint density at radius 1 is 0.596 bits per heavy atom. The smallest absolute Gasteiger partial charge is 0.457 e. The predicted molar refractivity (Wildman–Crippen MR) is 219 cm³/mol. The maximum atomic E-state index is 12.5. The molecule has 0 bridgehead atoms. The van der Waals surface area contributed by atoms with E-state index in [1.165, 1.54) is 38.5 Å². The molecule has 0 aliphatic carbocycles. The zero-order chi connectivity index (χ0) is 38.1. The Balaban J connectivity index is 4.12. The minimum Gasteiger partial charge on any atom is -0.457 e. The summed E-state index contributed by atoms with van der Waals surface area (Å²) in [4.78, 5) is 22.3. The Labute approximate surface area is 318 Å². The third-order valence-corrected chi connectivity index (χ3v) is 8.81. The lowest BCUT2D eigenvalue weighted by atomic mass is 10.1. The van der Waals surface area contributed by atoms with Crippen LogP contribution in [-0.2, 0) is 27.9 Å². The molecule has 8 nitrogen and oxygen atoms in total. The highest BCUT2D eigenvalue weighted by atomic mass is 31.2. The fourth-order valence-corrected chi connectivity index (χ4v) is 5.68. The lowest BCUT2D eigenvalue weighted by molar-refractivity contribution is -0.154. The molecule has 52 heavy (non-hydrogen) atoms. The summed E-state index contributed by atoms with van der Waals surface area (Å²) < 4.78 is 33.2. The predicted octanol–water partition coefficient (Wildman–Crippen LogP) is 11.7. The van der Waals surface area contributed by atoms with Gasteiger partial charge in [0.1, 0.15) is 6.10 Å².